The summed E-state index contributed by atoms with van der Waals surface area (Å²) < 4.78 is 6.69. The van der Waals surface area contributed by atoms with Gasteiger partial charge in [0.25, 0.3) is 5.56 Å². The van der Waals surface area contributed by atoms with Gasteiger partial charge in [-0.3, -0.25) is 14.2 Å². The average molecular weight is 456 g/mol. The number of carbonyl (C=O) groups is 1. The van der Waals surface area contributed by atoms with Gasteiger partial charge in [-0.2, -0.15) is 0 Å². The molecule has 1 saturated heterocycles. The lowest BCUT2D eigenvalue weighted by Gasteiger charge is -2.30. The lowest BCUT2D eigenvalue weighted by molar-refractivity contribution is -0.113. The Labute approximate surface area is 191 Å². The first kappa shape index (κ1) is 22.5. The first-order chi connectivity index (χ1) is 15.5. The van der Waals surface area contributed by atoms with Crippen molar-refractivity contribution < 1.29 is 9.32 Å². The van der Waals surface area contributed by atoms with Crippen molar-refractivity contribution in [2.24, 2.45) is 5.92 Å². The van der Waals surface area contributed by atoms with E-state index in [2.05, 4.69) is 22.3 Å². The average Bonchev–Trinajstić information content (AvgIpc) is 3.19. The molecular weight excluding hydrogens is 426 g/mol. The molecule has 2 aromatic heterocycles. The second-order valence-corrected chi connectivity index (χ2v) is 9.35. The Balaban J connectivity index is 1.45. The number of piperidine rings is 1. The molecule has 1 aliphatic rings. The van der Waals surface area contributed by atoms with Gasteiger partial charge in [-0.25, -0.2) is 4.98 Å². The highest BCUT2D eigenvalue weighted by atomic mass is 32.2. The molecule has 1 amide bonds. The summed E-state index contributed by atoms with van der Waals surface area (Å²) in [5.74, 6) is 1.71. The van der Waals surface area contributed by atoms with Gasteiger partial charge in [0.05, 0.1) is 16.7 Å². The summed E-state index contributed by atoms with van der Waals surface area (Å²) in [5.41, 5.74) is 0.590. The predicted molar refractivity (Wildman–Crippen MR) is 126 cm³/mol. The lowest BCUT2D eigenvalue weighted by atomic mass is 9.99. The number of fused-ring (bicyclic) bond motifs is 1. The number of hydrogen-bond donors (Lipinski definition) is 1. The molecule has 3 aromatic rings. The van der Waals surface area contributed by atoms with Crippen LogP contribution in [0.15, 0.2) is 44.8 Å². The van der Waals surface area contributed by atoms with Crippen molar-refractivity contribution in [2.75, 3.05) is 30.7 Å². The second-order valence-electron chi connectivity index (χ2n) is 8.41. The number of thioether (sulfide) groups is 1. The van der Waals surface area contributed by atoms with Crippen LogP contribution in [0.5, 0.6) is 0 Å². The topological polar surface area (TPSA) is 93.3 Å². The molecular formula is C23H29N5O3S. The Morgan fingerprint density at radius 1 is 1.25 bits per heavy atom. The minimum atomic E-state index is -0.223. The summed E-state index contributed by atoms with van der Waals surface area (Å²) in [4.78, 5) is 32.7. The maximum absolute atomic E-state index is 13.2. The van der Waals surface area contributed by atoms with E-state index in [1.165, 1.54) is 24.6 Å². The van der Waals surface area contributed by atoms with E-state index in [1.807, 2.05) is 18.2 Å². The molecule has 32 heavy (non-hydrogen) atoms. The molecule has 0 bridgehead atoms. The van der Waals surface area contributed by atoms with Crippen LogP contribution >= 0.6 is 11.8 Å². The van der Waals surface area contributed by atoms with Crippen LogP contribution in [0.3, 0.4) is 0 Å². The summed E-state index contributed by atoms with van der Waals surface area (Å²) >= 11 is 1.26. The zero-order valence-electron chi connectivity index (χ0n) is 18.5. The van der Waals surface area contributed by atoms with Crippen molar-refractivity contribution in [1.82, 2.24) is 19.6 Å². The molecule has 3 heterocycles. The molecule has 0 atom stereocenters. The molecule has 1 aliphatic heterocycles. The summed E-state index contributed by atoms with van der Waals surface area (Å²) in [6, 6.07) is 9.02. The Morgan fingerprint density at radius 2 is 2.03 bits per heavy atom. The maximum atomic E-state index is 13.2. The minimum Gasteiger partial charge on any atom is -0.360 e. The molecule has 170 valence electrons. The van der Waals surface area contributed by atoms with Crippen LogP contribution in [-0.4, -0.2) is 50.9 Å². The quantitative estimate of drug-likeness (QED) is 0.410. The van der Waals surface area contributed by atoms with E-state index in [0.29, 0.717) is 34.2 Å². The van der Waals surface area contributed by atoms with E-state index in [4.69, 9.17) is 9.51 Å². The molecule has 1 fully saturated rings. The summed E-state index contributed by atoms with van der Waals surface area (Å²) in [6.45, 7) is 7.85. The van der Waals surface area contributed by atoms with Crippen molar-refractivity contribution in [3.05, 3.63) is 46.4 Å². The number of aryl methyl sites for hydroxylation is 1. The molecule has 8 nitrogen and oxygen atoms in total. The van der Waals surface area contributed by atoms with E-state index in [9.17, 15) is 9.59 Å². The number of aromatic nitrogens is 3. The minimum absolute atomic E-state index is 0.0575. The number of hydrogen-bond acceptors (Lipinski definition) is 7. The van der Waals surface area contributed by atoms with E-state index < -0.39 is 0 Å². The Morgan fingerprint density at radius 3 is 2.78 bits per heavy atom. The number of likely N-dealkylation sites (tertiary alicyclic amines) is 1. The Kier molecular flexibility index (Phi) is 7.26. The van der Waals surface area contributed by atoms with Gasteiger partial charge in [0.15, 0.2) is 11.0 Å². The second kappa shape index (κ2) is 10.3. The number of nitrogens with one attached hydrogen (secondary N) is 1. The SMILES string of the molecule is Cc1cc(NC(=O)CSc2nc3ccccc3c(=O)n2CCCN2CCC(C)CC2)no1. The number of para-hydroxylation sites is 1. The molecule has 0 radical (unpaired) electrons. The highest BCUT2D eigenvalue weighted by molar-refractivity contribution is 7.99. The predicted octanol–water partition coefficient (Wildman–Crippen LogP) is 3.55. The first-order valence-corrected chi connectivity index (χ1v) is 12.1. The molecule has 0 unspecified atom stereocenters. The fraction of sp³-hybridized carbons (Fsp3) is 0.478. The monoisotopic (exact) mass is 455 g/mol. The van der Waals surface area contributed by atoms with Crippen LogP contribution in [0.1, 0.15) is 31.9 Å². The van der Waals surface area contributed by atoms with Gasteiger partial charge in [0, 0.05) is 12.6 Å². The number of benzene rings is 1. The Hall–Kier alpha value is -2.65. The Bertz CT molecular complexity index is 1130. The molecule has 1 aromatic carbocycles. The molecule has 9 heteroatoms. The van der Waals surface area contributed by atoms with E-state index in [1.54, 1.807) is 23.6 Å². The standard InChI is InChI=1S/C23H29N5O3S/c1-16-8-12-27(13-9-16)10-5-11-28-22(30)18-6-3-4-7-19(18)24-23(28)32-15-21(29)25-20-14-17(2)31-26-20/h3-4,6-7,14,16H,5,8-13,15H2,1-2H3,(H,25,26,29). The molecule has 1 N–H and O–H groups in total. The highest BCUT2D eigenvalue weighted by Gasteiger charge is 2.17. The maximum Gasteiger partial charge on any atom is 0.262 e. The van der Waals surface area contributed by atoms with Gasteiger partial charge in [-0.15, -0.1) is 0 Å². The molecule has 0 spiro atoms. The number of carbonyl (C=O) groups excluding carboxylic acids is 1. The van der Waals surface area contributed by atoms with Gasteiger partial charge in [0.1, 0.15) is 5.76 Å². The molecule has 0 aliphatic carbocycles. The normalized spacial score (nSPS) is 15.3. The van der Waals surface area contributed by atoms with E-state index in [-0.39, 0.29) is 17.2 Å². The third-order valence-electron chi connectivity index (χ3n) is 5.79. The van der Waals surface area contributed by atoms with Crippen molar-refractivity contribution >= 4 is 34.4 Å². The molecule has 0 saturated carbocycles. The van der Waals surface area contributed by atoms with Gasteiger partial charge in [-0.1, -0.05) is 36.0 Å². The van der Waals surface area contributed by atoms with E-state index in [0.717, 1.165) is 32.0 Å². The van der Waals surface area contributed by atoms with E-state index >= 15 is 0 Å². The van der Waals surface area contributed by atoms with Crippen LogP contribution < -0.4 is 10.9 Å². The third-order valence-corrected chi connectivity index (χ3v) is 6.76. The van der Waals surface area contributed by atoms with Crippen molar-refractivity contribution in [3.8, 4) is 0 Å². The zero-order chi connectivity index (χ0) is 22.5. The van der Waals surface area contributed by atoms with Crippen LogP contribution in [0.2, 0.25) is 0 Å². The lowest BCUT2D eigenvalue weighted by Crippen LogP contribution is -2.34. The zero-order valence-corrected chi connectivity index (χ0v) is 19.4. The largest absolute Gasteiger partial charge is 0.360 e. The van der Waals surface area contributed by atoms with Crippen LogP contribution in [0.4, 0.5) is 5.82 Å². The number of amides is 1. The fourth-order valence-electron chi connectivity index (χ4n) is 3.93. The number of nitrogens with zero attached hydrogens (tertiary/aromatic N) is 4. The van der Waals surface area contributed by atoms with Gasteiger partial charge < -0.3 is 14.7 Å². The first-order valence-electron chi connectivity index (χ1n) is 11.1. The smallest absolute Gasteiger partial charge is 0.262 e. The van der Waals surface area contributed by atoms with Crippen LogP contribution in [0.25, 0.3) is 10.9 Å². The summed E-state index contributed by atoms with van der Waals surface area (Å²) in [7, 11) is 0. The van der Waals surface area contributed by atoms with Crippen LogP contribution in [0, 0.1) is 12.8 Å². The summed E-state index contributed by atoms with van der Waals surface area (Å²) in [6.07, 6.45) is 3.34. The number of anilines is 1. The van der Waals surface area contributed by atoms with Gasteiger partial charge in [-0.05, 0) is 63.9 Å². The third kappa shape index (κ3) is 5.58. The van der Waals surface area contributed by atoms with Gasteiger partial charge in [0.2, 0.25) is 5.91 Å². The number of rotatable bonds is 8. The highest BCUT2D eigenvalue weighted by Crippen LogP contribution is 2.20. The fourth-order valence-corrected chi connectivity index (χ4v) is 4.75. The van der Waals surface area contributed by atoms with Gasteiger partial charge >= 0.3 is 0 Å². The van der Waals surface area contributed by atoms with Crippen LogP contribution in [-0.2, 0) is 11.3 Å². The van der Waals surface area contributed by atoms with Crippen molar-refractivity contribution in [2.45, 2.75) is 44.8 Å². The summed E-state index contributed by atoms with van der Waals surface area (Å²) in [5, 5.41) is 7.65. The van der Waals surface area contributed by atoms with Crippen molar-refractivity contribution in [3.63, 3.8) is 0 Å². The van der Waals surface area contributed by atoms with Crippen molar-refractivity contribution in [1.29, 1.82) is 0 Å². The molecule has 4 rings (SSSR count).